The first-order valence-corrected chi connectivity index (χ1v) is 10.8. The molecule has 1 unspecified atom stereocenters. The summed E-state index contributed by atoms with van der Waals surface area (Å²) in [4.78, 5) is 15.5. The van der Waals surface area contributed by atoms with Crippen molar-refractivity contribution in [2.75, 3.05) is 4.90 Å². The quantitative estimate of drug-likeness (QED) is 0.423. The molecular formula is C27H19N3O4. The zero-order chi connectivity index (χ0) is 23.3. The second kappa shape index (κ2) is 7.54. The van der Waals surface area contributed by atoms with Crippen LogP contribution in [-0.4, -0.2) is 26.4 Å². The lowest BCUT2D eigenvalue weighted by molar-refractivity contribution is -0.132. The Bertz CT molecular complexity index is 1550. The number of carbonyl (C=O) groups excluding carboxylic acids is 1. The number of phenols is 1. The molecule has 7 nitrogen and oxygen atoms in total. The molecule has 34 heavy (non-hydrogen) atoms. The highest BCUT2D eigenvalue weighted by molar-refractivity contribution is 6.11. The molecule has 6 rings (SSSR count). The van der Waals surface area contributed by atoms with Crippen LogP contribution in [0.2, 0.25) is 0 Å². The van der Waals surface area contributed by atoms with Crippen LogP contribution in [0.4, 0.5) is 5.69 Å². The van der Waals surface area contributed by atoms with Gasteiger partial charge in [0, 0.05) is 5.56 Å². The Labute approximate surface area is 194 Å². The van der Waals surface area contributed by atoms with Crippen LogP contribution in [0.15, 0.2) is 95.6 Å². The van der Waals surface area contributed by atoms with Gasteiger partial charge < -0.3 is 15.1 Å². The number of benzene rings is 4. The molecule has 1 aliphatic heterocycles. The minimum atomic E-state index is -2.15. The van der Waals surface area contributed by atoms with Gasteiger partial charge in [0.2, 0.25) is 5.60 Å². The van der Waals surface area contributed by atoms with Crippen LogP contribution in [0.3, 0.4) is 0 Å². The molecule has 0 bridgehead atoms. The zero-order valence-electron chi connectivity index (χ0n) is 17.9. The van der Waals surface area contributed by atoms with Gasteiger partial charge in [-0.2, -0.15) is 0 Å². The summed E-state index contributed by atoms with van der Waals surface area (Å²) in [6.45, 7) is 0.233. The van der Waals surface area contributed by atoms with Crippen molar-refractivity contribution in [3.63, 3.8) is 0 Å². The normalized spacial score (nSPS) is 17.3. The van der Waals surface area contributed by atoms with Gasteiger partial charge in [0.25, 0.3) is 5.91 Å². The largest absolute Gasteiger partial charge is 0.507 e. The van der Waals surface area contributed by atoms with E-state index in [2.05, 4.69) is 10.3 Å². The highest BCUT2D eigenvalue weighted by atomic mass is 16.6. The molecular weight excluding hydrogens is 430 g/mol. The predicted octanol–water partition coefficient (Wildman–Crippen LogP) is 4.38. The summed E-state index contributed by atoms with van der Waals surface area (Å²) in [5.41, 5.74) is 2.15. The van der Waals surface area contributed by atoms with Gasteiger partial charge in [-0.1, -0.05) is 72.8 Å². The standard InChI is InChI=1S/C27H19N3O4/c31-23-15-14-21-25(29-34-28-21)24(23)27(33)20-12-6-7-13-22(20)30(26(27)32)16-18-10-4-5-11-19(18)17-8-2-1-3-9-17/h1-15,31,33H,16H2. The van der Waals surface area contributed by atoms with E-state index in [1.54, 1.807) is 23.1 Å². The lowest BCUT2D eigenvalue weighted by atomic mass is 9.86. The Balaban J connectivity index is 1.51. The van der Waals surface area contributed by atoms with E-state index in [9.17, 15) is 15.0 Å². The Morgan fingerprint density at radius 1 is 0.853 bits per heavy atom. The number of anilines is 1. The molecule has 0 radical (unpaired) electrons. The zero-order valence-corrected chi connectivity index (χ0v) is 17.9. The van der Waals surface area contributed by atoms with Crippen LogP contribution in [0.5, 0.6) is 5.75 Å². The number of phenolic OH excluding ortho intramolecular Hbond substituents is 1. The molecule has 0 aliphatic carbocycles. The SMILES string of the molecule is O=C1N(Cc2ccccc2-c2ccccc2)c2ccccc2C1(O)c1c(O)ccc2nonc12. The van der Waals surface area contributed by atoms with E-state index in [0.717, 1.165) is 16.7 Å². The van der Waals surface area contributed by atoms with E-state index >= 15 is 0 Å². The summed E-state index contributed by atoms with van der Waals surface area (Å²) in [7, 11) is 0. The summed E-state index contributed by atoms with van der Waals surface area (Å²) < 4.78 is 4.83. The molecule has 7 heteroatoms. The molecule has 2 heterocycles. The number of amides is 1. The second-order valence-corrected chi connectivity index (χ2v) is 8.23. The van der Waals surface area contributed by atoms with Crippen molar-refractivity contribution in [3.8, 4) is 16.9 Å². The summed E-state index contributed by atoms with van der Waals surface area (Å²) >= 11 is 0. The second-order valence-electron chi connectivity index (χ2n) is 8.23. The first-order valence-electron chi connectivity index (χ1n) is 10.8. The van der Waals surface area contributed by atoms with Crippen LogP contribution in [-0.2, 0) is 16.9 Å². The number of hydrogen-bond acceptors (Lipinski definition) is 6. The number of nitrogens with zero attached hydrogens (tertiary/aromatic N) is 3. The molecule has 0 spiro atoms. The number of aromatic hydroxyl groups is 1. The third-order valence-corrected chi connectivity index (χ3v) is 6.34. The van der Waals surface area contributed by atoms with Crippen molar-refractivity contribution in [1.29, 1.82) is 0 Å². The van der Waals surface area contributed by atoms with Crippen molar-refractivity contribution >= 4 is 22.6 Å². The van der Waals surface area contributed by atoms with Gasteiger partial charge >= 0.3 is 0 Å². The smallest absolute Gasteiger partial charge is 0.269 e. The van der Waals surface area contributed by atoms with Crippen molar-refractivity contribution in [2.24, 2.45) is 0 Å². The lowest BCUT2D eigenvalue weighted by Gasteiger charge is -2.25. The van der Waals surface area contributed by atoms with Crippen LogP contribution >= 0.6 is 0 Å². The van der Waals surface area contributed by atoms with Gasteiger partial charge in [-0.05, 0) is 45.2 Å². The molecule has 1 aliphatic rings. The molecule has 1 atom stereocenters. The highest BCUT2D eigenvalue weighted by Crippen LogP contribution is 2.49. The summed E-state index contributed by atoms with van der Waals surface area (Å²) in [6.07, 6.45) is 0. The topological polar surface area (TPSA) is 99.7 Å². The Hall–Kier alpha value is -4.49. The first-order chi connectivity index (χ1) is 16.6. The lowest BCUT2D eigenvalue weighted by Crippen LogP contribution is -2.41. The molecule has 0 fully saturated rings. The predicted molar refractivity (Wildman–Crippen MR) is 126 cm³/mol. The third kappa shape index (κ3) is 2.84. The highest BCUT2D eigenvalue weighted by Gasteiger charge is 2.53. The maximum Gasteiger partial charge on any atom is 0.269 e. The molecule has 4 aromatic carbocycles. The van der Waals surface area contributed by atoms with Crippen molar-refractivity contribution < 1.29 is 19.6 Å². The average molecular weight is 449 g/mol. The summed E-state index contributed by atoms with van der Waals surface area (Å²) in [5, 5.41) is 30.3. The van der Waals surface area contributed by atoms with Crippen LogP contribution < -0.4 is 4.90 Å². The van der Waals surface area contributed by atoms with Gasteiger partial charge in [-0.25, -0.2) is 4.63 Å². The number of aromatic nitrogens is 2. The fourth-order valence-electron chi connectivity index (χ4n) is 4.76. The molecule has 166 valence electrons. The van der Waals surface area contributed by atoms with E-state index in [0.29, 0.717) is 16.8 Å². The number of rotatable bonds is 4. The third-order valence-electron chi connectivity index (χ3n) is 6.34. The van der Waals surface area contributed by atoms with E-state index in [1.165, 1.54) is 12.1 Å². The van der Waals surface area contributed by atoms with Gasteiger partial charge in [0.05, 0.1) is 17.8 Å². The average Bonchev–Trinajstić information content (AvgIpc) is 3.43. The van der Waals surface area contributed by atoms with Gasteiger partial charge in [0.15, 0.2) is 0 Å². The van der Waals surface area contributed by atoms with Crippen LogP contribution in [0.1, 0.15) is 16.7 Å². The van der Waals surface area contributed by atoms with Crippen molar-refractivity contribution in [1.82, 2.24) is 10.3 Å². The van der Waals surface area contributed by atoms with E-state index in [1.807, 2.05) is 60.7 Å². The number of aliphatic hydroxyl groups is 1. The van der Waals surface area contributed by atoms with Crippen LogP contribution in [0.25, 0.3) is 22.2 Å². The summed E-state index contributed by atoms with van der Waals surface area (Å²) in [6, 6.07) is 27.7. The Morgan fingerprint density at radius 2 is 1.59 bits per heavy atom. The van der Waals surface area contributed by atoms with Crippen LogP contribution in [0, 0.1) is 0 Å². The summed E-state index contributed by atoms with van der Waals surface area (Å²) in [5.74, 6) is -0.845. The van der Waals surface area contributed by atoms with E-state index in [4.69, 9.17) is 4.63 Å². The van der Waals surface area contributed by atoms with Crippen molar-refractivity contribution in [2.45, 2.75) is 12.1 Å². The Morgan fingerprint density at radius 3 is 2.44 bits per heavy atom. The minimum Gasteiger partial charge on any atom is -0.507 e. The number of carbonyl (C=O) groups is 1. The van der Waals surface area contributed by atoms with E-state index in [-0.39, 0.29) is 23.4 Å². The van der Waals surface area contributed by atoms with Gasteiger partial charge in [-0.3, -0.25) is 4.79 Å². The molecule has 0 saturated carbocycles. The fourth-order valence-corrected chi connectivity index (χ4v) is 4.76. The number of fused-ring (bicyclic) bond motifs is 2. The molecule has 1 aromatic heterocycles. The van der Waals surface area contributed by atoms with E-state index < -0.39 is 11.5 Å². The number of hydrogen-bond donors (Lipinski definition) is 2. The van der Waals surface area contributed by atoms with Gasteiger partial charge in [-0.15, -0.1) is 0 Å². The van der Waals surface area contributed by atoms with Gasteiger partial charge in [0.1, 0.15) is 16.8 Å². The molecule has 2 N–H and O–H groups in total. The maximum absolute atomic E-state index is 13.9. The molecule has 5 aromatic rings. The molecule has 0 saturated heterocycles. The molecule has 1 amide bonds. The number of para-hydroxylation sites is 1. The van der Waals surface area contributed by atoms with Crippen molar-refractivity contribution in [3.05, 3.63) is 108 Å². The maximum atomic E-state index is 13.9. The monoisotopic (exact) mass is 449 g/mol. The Kier molecular flexibility index (Phi) is 4.46. The first kappa shape index (κ1) is 20.1. The fraction of sp³-hybridized carbons (Fsp3) is 0.0741. The minimum absolute atomic E-state index is 0.0393.